The summed E-state index contributed by atoms with van der Waals surface area (Å²) in [6.07, 6.45) is 0.0399. The average Bonchev–Trinajstić information content (AvgIpc) is 3.28. The van der Waals surface area contributed by atoms with Gasteiger partial charge in [-0.25, -0.2) is 9.97 Å². The number of morpholine rings is 1. The molecule has 2 fully saturated rings. The molecule has 2 atom stereocenters. The van der Waals surface area contributed by atoms with E-state index in [1.807, 2.05) is 11.8 Å². The molecule has 0 N–H and O–H groups in total. The predicted octanol–water partition coefficient (Wildman–Crippen LogP) is 1.58. The normalized spacial score (nSPS) is 23.1. The topological polar surface area (TPSA) is 67.8 Å². The summed E-state index contributed by atoms with van der Waals surface area (Å²) in [5, 5.41) is 3.19. The maximum atomic E-state index is 12.8. The fourth-order valence-corrected chi connectivity index (χ4v) is 4.22. The first-order valence-electron chi connectivity index (χ1n) is 8.71. The van der Waals surface area contributed by atoms with Crippen molar-refractivity contribution in [1.29, 1.82) is 0 Å². The molecule has 8 heteroatoms. The Morgan fingerprint density at radius 2 is 2.27 bits per heavy atom. The van der Waals surface area contributed by atoms with Gasteiger partial charge in [-0.05, 0) is 13.0 Å². The Balaban J connectivity index is 1.47. The van der Waals surface area contributed by atoms with Gasteiger partial charge in [0.05, 0.1) is 36.6 Å². The summed E-state index contributed by atoms with van der Waals surface area (Å²) in [6.45, 7) is 5.60. The monoisotopic (exact) mass is 374 g/mol. The molecule has 0 unspecified atom stereocenters. The highest BCUT2D eigenvalue weighted by molar-refractivity contribution is 7.09. The highest BCUT2D eigenvalue weighted by Crippen LogP contribution is 2.26. The molecular formula is C18H22N4O3S. The molecule has 4 heterocycles. The summed E-state index contributed by atoms with van der Waals surface area (Å²) in [6, 6.07) is 5.45. The van der Waals surface area contributed by atoms with Crippen molar-refractivity contribution in [3.05, 3.63) is 40.0 Å². The van der Waals surface area contributed by atoms with E-state index in [9.17, 15) is 4.79 Å². The first-order chi connectivity index (χ1) is 12.6. The van der Waals surface area contributed by atoms with Gasteiger partial charge in [-0.15, -0.1) is 11.3 Å². The first-order valence-corrected chi connectivity index (χ1v) is 9.59. The van der Waals surface area contributed by atoms with Gasteiger partial charge in [0, 0.05) is 37.6 Å². The van der Waals surface area contributed by atoms with Crippen LogP contribution in [0.4, 0.5) is 0 Å². The Hall–Kier alpha value is -2.03. The molecule has 2 saturated heterocycles. The van der Waals surface area contributed by atoms with Crippen molar-refractivity contribution >= 4 is 17.2 Å². The summed E-state index contributed by atoms with van der Waals surface area (Å²) < 4.78 is 11.1. The van der Waals surface area contributed by atoms with E-state index in [0.29, 0.717) is 31.3 Å². The van der Waals surface area contributed by atoms with Crippen LogP contribution in [0.5, 0.6) is 5.88 Å². The summed E-state index contributed by atoms with van der Waals surface area (Å²) in [4.78, 5) is 25.9. The molecule has 1 amide bonds. The fraction of sp³-hybridized carbons (Fsp3) is 0.500. The average molecular weight is 374 g/mol. The third-order valence-corrected chi connectivity index (χ3v) is 5.71. The number of thiazole rings is 1. The van der Waals surface area contributed by atoms with Crippen LogP contribution in [0.1, 0.15) is 21.2 Å². The second-order valence-electron chi connectivity index (χ2n) is 6.58. The zero-order valence-corrected chi connectivity index (χ0v) is 15.7. The largest absolute Gasteiger partial charge is 0.481 e. The summed E-state index contributed by atoms with van der Waals surface area (Å²) in [7, 11) is 1.55. The number of likely N-dealkylation sites (tertiary alicyclic amines) is 1. The zero-order chi connectivity index (χ0) is 18.1. The van der Waals surface area contributed by atoms with Crippen LogP contribution in [-0.2, 0) is 11.3 Å². The molecule has 0 aromatic carbocycles. The summed E-state index contributed by atoms with van der Waals surface area (Å²) >= 11 is 1.67. The van der Waals surface area contributed by atoms with Crippen LogP contribution in [0.2, 0.25) is 0 Å². The lowest BCUT2D eigenvalue weighted by Crippen LogP contribution is -2.50. The predicted molar refractivity (Wildman–Crippen MR) is 97.5 cm³/mol. The second-order valence-corrected chi connectivity index (χ2v) is 7.64. The number of methoxy groups -OCH3 is 1. The Morgan fingerprint density at radius 1 is 1.38 bits per heavy atom. The molecule has 0 spiro atoms. The number of ether oxygens (including phenoxy) is 2. The van der Waals surface area contributed by atoms with Crippen LogP contribution in [-0.4, -0.2) is 71.2 Å². The number of rotatable bonds is 4. The third-order valence-electron chi connectivity index (χ3n) is 4.89. The standard InChI is InChI=1S/C18H22N4O3S/c1-12-19-13(11-26-12)8-21-6-7-25-16-10-22(9-15(16)21)18(23)14-4-3-5-17(20-14)24-2/h3-5,11,15-16H,6-10H2,1-2H3/t15-,16-/m0/s1. The van der Waals surface area contributed by atoms with Gasteiger partial charge >= 0.3 is 0 Å². The number of hydrogen-bond donors (Lipinski definition) is 0. The van der Waals surface area contributed by atoms with Gasteiger partial charge in [0.1, 0.15) is 5.69 Å². The van der Waals surface area contributed by atoms with E-state index in [-0.39, 0.29) is 18.1 Å². The number of aromatic nitrogens is 2. The molecule has 2 aliphatic heterocycles. The minimum absolute atomic E-state index is 0.0399. The fourth-order valence-electron chi connectivity index (χ4n) is 3.62. The molecule has 0 radical (unpaired) electrons. The van der Waals surface area contributed by atoms with E-state index in [4.69, 9.17) is 9.47 Å². The second kappa shape index (κ2) is 7.30. The Kier molecular flexibility index (Phi) is 4.88. The van der Waals surface area contributed by atoms with E-state index in [1.165, 1.54) is 0 Å². The number of hydrogen-bond acceptors (Lipinski definition) is 7. The highest BCUT2D eigenvalue weighted by Gasteiger charge is 2.42. The number of amides is 1. The molecule has 0 bridgehead atoms. The van der Waals surface area contributed by atoms with Gasteiger partial charge in [-0.1, -0.05) is 6.07 Å². The van der Waals surface area contributed by atoms with Gasteiger partial charge in [0.25, 0.3) is 5.91 Å². The van der Waals surface area contributed by atoms with Gasteiger partial charge in [-0.2, -0.15) is 0 Å². The van der Waals surface area contributed by atoms with Crippen molar-refractivity contribution in [3.8, 4) is 5.88 Å². The Labute approximate surface area is 156 Å². The molecule has 0 saturated carbocycles. The summed E-state index contributed by atoms with van der Waals surface area (Å²) in [5.41, 5.74) is 1.50. The molecule has 2 aromatic heterocycles. The van der Waals surface area contributed by atoms with Crippen molar-refractivity contribution < 1.29 is 14.3 Å². The van der Waals surface area contributed by atoms with Crippen molar-refractivity contribution in [1.82, 2.24) is 19.8 Å². The van der Waals surface area contributed by atoms with E-state index in [0.717, 1.165) is 23.8 Å². The van der Waals surface area contributed by atoms with E-state index in [1.54, 1.807) is 36.6 Å². The van der Waals surface area contributed by atoms with Crippen LogP contribution in [0.15, 0.2) is 23.6 Å². The van der Waals surface area contributed by atoms with Crippen LogP contribution in [0, 0.1) is 6.92 Å². The van der Waals surface area contributed by atoms with Crippen LogP contribution in [0.3, 0.4) is 0 Å². The molecule has 138 valence electrons. The molecule has 2 aromatic rings. The quantitative estimate of drug-likeness (QED) is 0.809. The lowest BCUT2D eigenvalue weighted by molar-refractivity contribution is -0.0507. The maximum Gasteiger partial charge on any atom is 0.272 e. The lowest BCUT2D eigenvalue weighted by Gasteiger charge is -2.36. The molecular weight excluding hydrogens is 352 g/mol. The van der Waals surface area contributed by atoms with Crippen LogP contribution < -0.4 is 4.74 Å². The minimum Gasteiger partial charge on any atom is -0.481 e. The third kappa shape index (κ3) is 3.44. The first kappa shape index (κ1) is 17.4. The van der Waals surface area contributed by atoms with Gasteiger partial charge in [0.2, 0.25) is 5.88 Å². The van der Waals surface area contributed by atoms with Crippen LogP contribution >= 0.6 is 11.3 Å². The van der Waals surface area contributed by atoms with Crippen LogP contribution in [0.25, 0.3) is 0 Å². The summed E-state index contributed by atoms with van der Waals surface area (Å²) in [5.74, 6) is 0.371. The maximum absolute atomic E-state index is 12.8. The number of nitrogens with zero attached hydrogens (tertiary/aromatic N) is 4. The van der Waals surface area contributed by atoms with Gasteiger partial charge < -0.3 is 14.4 Å². The van der Waals surface area contributed by atoms with Crippen molar-refractivity contribution in [3.63, 3.8) is 0 Å². The Bertz CT molecular complexity index is 796. The van der Waals surface area contributed by atoms with E-state index in [2.05, 4.69) is 20.2 Å². The highest BCUT2D eigenvalue weighted by atomic mass is 32.1. The molecule has 0 aliphatic carbocycles. The number of carbonyl (C=O) groups is 1. The number of pyridine rings is 1. The van der Waals surface area contributed by atoms with Crippen molar-refractivity contribution in [2.75, 3.05) is 33.4 Å². The zero-order valence-electron chi connectivity index (χ0n) is 14.9. The van der Waals surface area contributed by atoms with Crippen molar-refractivity contribution in [2.45, 2.75) is 25.6 Å². The van der Waals surface area contributed by atoms with Crippen molar-refractivity contribution in [2.24, 2.45) is 0 Å². The molecule has 4 rings (SSSR count). The minimum atomic E-state index is -0.0775. The number of fused-ring (bicyclic) bond motifs is 1. The molecule has 2 aliphatic rings. The number of aryl methyl sites for hydroxylation is 1. The number of carbonyl (C=O) groups excluding carboxylic acids is 1. The molecule has 26 heavy (non-hydrogen) atoms. The van der Waals surface area contributed by atoms with Gasteiger partial charge in [-0.3, -0.25) is 9.69 Å². The van der Waals surface area contributed by atoms with Gasteiger partial charge in [0.15, 0.2) is 0 Å². The SMILES string of the molecule is COc1cccc(C(=O)N2C[C@@H]3OCCN(Cc4csc(C)n4)[C@H]3C2)n1. The Morgan fingerprint density at radius 3 is 3.04 bits per heavy atom. The van der Waals surface area contributed by atoms with E-state index >= 15 is 0 Å². The smallest absolute Gasteiger partial charge is 0.272 e. The van der Waals surface area contributed by atoms with E-state index < -0.39 is 0 Å². The molecule has 7 nitrogen and oxygen atoms in total. The lowest BCUT2D eigenvalue weighted by atomic mass is 10.1.